The van der Waals surface area contributed by atoms with Crippen LogP contribution >= 0.6 is 0 Å². The molecule has 3 aromatic rings. The molecule has 0 bridgehead atoms. The molecule has 11 heteroatoms. The molecule has 0 atom stereocenters. The van der Waals surface area contributed by atoms with Gasteiger partial charge in [-0.15, -0.1) is 0 Å². The lowest BCUT2D eigenvalue weighted by Gasteiger charge is -2.29. The van der Waals surface area contributed by atoms with Gasteiger partial charge in [0.1, 0.15) is 23.2 Å². The fourth-order valence-electron chi connectivity index (χ4n) is 4.01. The van der Waals surface area contributed by atoms with Gasteiger partial charge in [-0.25, -0.2) is 26.3 Å². The van der Waals surface area contributed by atoms with E-state index in [1.54, 1.807) is 0 Å². The van der Waals surface area contributed by atoms with Gasteiger partial charge in [-0.05, 0) is 36.2 Å². The van der Waals surface area contributed by atoms with Crippen molar-refractivity contribution in [3.63, 3.8) is 0 Å². The molecule has 1 heterocycles. The van der Waals surface area contributed by atoms with E-state index in [1.165, 1.54) is 0 Å². The van der Waals surface area contributed by atoms with Crippen molar-refractivity contribution in [2.75, 3.05) is 13.2 Å². The first kappa shape index (κ1) is 26.9. The summed E-state index contributed by atoms with van der Waals surface area (Å²) < 4.78 is 129. The molecule has 1 saturated heterocycles. The lowest BCUT2D eigenvalue weighted by Crippen LogP contribution is -2.27. The summed E-state index contributed by atoms with van der Waals surface area (Å²) in [6, 6.07) is 4.02. The van der Waals surface area contributed by atoms with E-state index in [-0.39, 0.29) is 11.5 Å². The van der Waals surface area contributed by atoms with Crippen molar-refractivity contribution < 1.29 is 49.3 Å². The topological polar surface area (TPSA) is 27.7 Å². The SMILES string of the molecule is CCCC1COC(c2ccc(C(F)(F)Oc3cc(F)c(-c4cc(F)c(F)c(F)c4)c(F)c3)c(F)c2)OC1. The molecule has 1 aliphatic rings. The van der Waals surface area contributed by atoms with Crippen LogP contribution in [-0.2, 0) is 15.6 Å². The lowest BCUT2D eigenvalue weighted by atomic mass is 10.0. The number of hydrogen-bond acceptors (Lipinski definition) is 3. The molecule has 0 N–H and O–H groups in total. The maximum Gasteiger partial charge on any atom is 0.429 e. The standard InChI is InChI=1S/C26H20F8O3/c1-2-3-13-11-35-25(36-12-13)14-4-5-17(18(27)6-14)26(33,34)37-16-9-19(28)23(20(29)10-16)15-7-21(30)24(32)22(31)8-15/h4-10,13,25H,2-3,11-12H2,1H3. The van der Waals surface area contributed by atoms with Gasteiger partial charge >= 0.3 is 6.11 Å². The van der Waals surface area contributed by atoms with E-state index in [1.807, 2.05) is 6.92 Å². The Morgan fingerprint density at radius 3 is 1.95 bits per heavy atom. The van der Waals surface area contributed by atoms with E-state index >= 15 is 0 Å². The first-order valence-corrected chi connectivity index (χ1v) is 11.2. The van der Waals surface area contributed by atoms with Crippen LogP contribution in [0.2, 0.25) is 0 Å². The smallest absolute Gasteiger partial charge is 0.429 e. The Bertz CT molecular complexity index is 1240. The third kappa shape index (κ3) is 5.72. The summed E-state index contributed by atoms with van der Waals surface area (Å²) in [6.07, 6.45) is -3.50. The van der Waals surface area contributed by atoms with Gasteiger partial charge in [0.25, 0.3) is 0 Å². The molecule has 3 aromatic carbocycles. The van der Waals surface area contributed by atoms with Crippen molar-refractivity contribution in [2.24, 2.45) is 5.92 Å². The molecule has 3 nitrogen and oxygen atoms in total. The van der Waals surface area contributed by atoms with Gasteiger partial charge in [0.05, 0.1) is 24.3 Å². The normalized spacial score (nSPS) is 18.2. The predicted octanol–water partition coefficient (Wildman–Crippen LogP) is 7.78. The predicted molar refractivity (Wildman–Crippen MR) is 116 cm³/mol. The van der Waals surface area contributed by atoms with Gasteiger partial charge in [0.15, 0.2) is 23.7 Å². The summed E-state index contributed by atoms with van der Waals surface area (Å²) in [5.41, 5.74) is -2.77. The number of rotatable bonds is 7. The van der Waals surface area contributed by atoms with Crippen molar-refractivity contribution in [3.05, 3.63) is 88.5 Å². The quantitative estimate of drug-likeness (QED) is 0.230. The van der Waals surface area contributed by atoms with Gasteiger partial charge in [0, 0.05) is 23.6 Å². The van der Waals surface area contributed by atoms with Crippen LogP contribution < -0.4 is 4.74 Å². The van der Waals surface area contributed by atoms with E-state index in [4.69, 9.17) is 9.47 Å². The average molecular weight is 532 g/mol. The molecule has 0 saturated carbocycles. The van der Waals surface area contributed by atoms with Crippen molar-refractivity contribution in [3.8, 4) is 16.9 Å². The molecule has 4 rings (SSSR count). The zero-order valence-corrected chi connectivity index (χ0v) is 19.3. The van der Waals surface area contributed by atoms with Gasteiger partial charge in [-0.1, -0.05) is 19.4 Å². The third-order valence-corrected chi connectivity index (χ3v) is 5.78. The van der Waals surface area contributed by atoms with Crippen LogP contribution in [0.4, 0.5) is 35.1 Å². The van der Waals surface area contributed by atoms with Gasteiger partial charge in [0.2, 0.25) is 0 Å². The number of alkyl halides is 2. The molecule has 0 aromatic heterocycles. The van der Waals surface area contributed by atoms with Crippen LogP contribution in [-0.4, -0.2) is 13.2 Å². The van der Waals surface area contributed by atoms with Crippen LogP contribution in [0.3, 0.4) is 0 Å². The van der Waals surface area contributed by atoms with E-state index in [0.29, 0.717) is 37.5 Å². The highest BCUT2D eigenvalue weighted by atomic mass is 19.3. The third-order valence-electron chi connectivity index (χ3n) is 5.78. The average Bonchev–Trinajstić information content (AvgIpc) is 2.82. The van der Waals surface area contributed by atoms with Crippen molar-refractivity contribution in [1.29, 1.82) is 0 Å². The second kappa shape index (κ2) is 10.7. The highest BCUT2D eigenvalue weighted by Gasteiger charge is 2.39. The summed E-state index contributed by atoms with van der Waals surface area (Å²) in [6.45, 7) is 2.74. The lowest BCUT2D eigenvalue weighted by molar-refractivity contribution is -0.206. The zero-order chi connectivity index (χ0) is 26.9. The van der Waals surface area contributed by atoms with Crippen molar-refractivity contribution in [2.45, 2.75) is 32.2 Å². The Labute approximate surface area is 206 Å². The molecule has 198 valence electrons. The van der Waals surface area contributed by atoms with E-state index in [9.17, 15) is 35.1 Å². The highest BCUT2D eigenvalue weighted by Crippen LogP contribution is 2.38. The molecule has 0 spiro atoms. The molecule has 0 aliphatic carbocycles. The molecule has 0 unspecified atom stereocenters. The second-order valence-electron chi connectivity index (χ2n) is 8.53. The first-order chi connectivity index (χ1) is 17.5. The maximum absolute atomic E-state index is 14.7. The summed E-state index contributed by atoms with van der Waals surface area (Å²) in [5, 5.41) is 0. The van der Waals surface area contributed by atoms with E-state index in [2.05, 4.69) is 4.74 Å². The summed E-state index contributed by atoms with van der Waals surface area (Å²) in [4.78, 5) is 0. The minimum Gasteiger partial charge on any atom is -0.429 e. The minimum absolute atomic E-state index is 0.159. The largest absolute Gasteiger partial charge is 0.429 e. The molecular formula is C26H20F8O3. The molecule has 0 amide bonds. The number of halogens is 8. The Morgan fingerprint density at radius 2 is 1.41 bits per heavy atom. The van der Waals surface area contributed by atoms with Crippen molar-refractivity contribution in [1.82, 2.24) is 0 Å². The van der Waals surface area contributed by atoms with Crippen molar-refractivity contribution >= 4 is 0 Å². The Morgan fingerprint density at radius 1 is 0.811 bits per heavy atom. The summed E-state index contributed by atoms with van der Waals surface area (Å²) >= 11 is 0. The minimum atomic E-state index is -4.36. The maximum atomic E-state index is 14.7. The highest BCUT2D eigenvalue weighted by molar-refractivity contribution is 5.66. The second-order valence-corrected chi connectivity index (χ2v) is 8.53. The zero-order valence-electron chi connectivity index (χ0n) is 19.3. The van der Waals surface area contributed by atoms with Crippen LogP contribution in [0.1, 0.15) is 37.2 Å². The van der Waals surface area contributed by atoms with E-state index in [0.717, 1.165) is 31.0 Å². The fraction of sp³-hybridized carbons (Fsp3) is 0.308. The van der Waals surface area contributed by atoms with Gasteiger partial charge in [-0.3, -0.25) is 0 Å². The van der Waals surface area contributed by atoms with E-state index < -0.39 is 69.7 Å². The van der Waals surface area contributed by atoms with Crippen LogP contribution in [0, 0.1) is 40.8 Å². The fourth-order valence-corrected chi connectivity index (χ4v) is 4.01. The molecule has 1 fully saturated rings. The Balaban J connectivity index is 1.54. The molecule has 1 aliphatic heterocycles. The monoisotopic (exact) mass is 532 g/mol. The van der Waals surface area contributed by atoms with Gasteiger partial charge in [-0.2, -0.15) is 8.78 Å². The number of benzene rings is 3. The molecular weight excluding hydrogens is 512 g/mol. The van der Waals surface area contributed by atoms with Crippen LogP contribution in [0.5, 0.6) is 5.75 Å². The summed E-state index contributed by atoms with van der Waals surface area (Å²) in [7, 11) is 0. The Hall–Kier alpha value is -3.18. The van der Waals surface area contributed by atoms with Gasteiger partial charge < -0.3 is 14.2 Å². The Kier molecular flexibility index (Phi) is 7.75. The molecule has 37 heavy (non-hydrogen) atoms. The molecule has 0 radical (unpaired) electrons. The van der Waals surface area contributed by atoms with Crippen LogP contribution in [0.25, 0.3) is 11.1 Å². The number of hydrogen-bond donors (Lipinski definition) is 0. The number of ether oxygens (including phenoxy) is 3. The summed E-state index contributed by atoms with van der Waals surface area (Å²) in [5.74, 6) is -10.5. The first-order valence-electron chi connectivity index (χ1n) is 11.2. The van der Waals surface area contributed by atoms with Crippen LogP contribution in [0.15, 0.2) is 42.5 Å².